The molecule has 0 aliphatic carbocycles. The van der Waals surface area contributed by atoms with E-state index >= 15 is 0 Å². The van der Waals surface area contributed by atoms with Crippen LogP contribution in [-0.2, 0) is 14.6 Å². The van der Waals surface area contributed by atoms with Crippen LogP contribution in [-0.4, -0.2) is 41.7 Å². The summed E-state index contributed by atoms with van der Waals surface area (Å²) in [7, 11) is -0.842. The molecular formula is C25H28N2O6S. The Kier molecular flexibility index (Phi) is 8.01. The molecular weight excluding hydrogens is 456 g/mol. The van der Waals surface area contributed by atoms with Crippen molar-refractivity contribution in [3.63, 3.8) is 0 Å². The molecule has 1 amide bonds. The minimum Gasteiger partial charge on any atom is -0.497 e. The summed E-state index contributed by atoms with van der Waals surface area (Å²) in [6.45, 7) is 3.92. The van der Waals surface area contributed by atoms with Crippen LogP contribution >= 0.6 is 0 Å². The first kappa shape index (κ1) is 24.9. The lowest BCUT2D eigenvalue weighted by atomic mass is 10.2. The highest BCUT2D eigenvalue weighted by atomic mass is 32.2. The van der Waals surface area contributed by atoms with E-state index < -0.39 is 9.84 Å². The first-order valence-corrected chi connectivity index (χ1v) is 12.1. The fourth-order valence-electron chi connectivity index (χ4n) is 3.25. The van der Waals surface area contributed by atoms with Crippen LogP contribution < -0.4 is 24.8 Å². The second-order valence-electron chi connectivity index (χ2n) is 7.38. The van der Waals surface area contributed by atoms with Gasteiger partial charge in [0.15, 0.2) is 0 Å². The number of methoxy groups -OCH3 is 2. The average Bonchev–Trinajstić information content (AvgIpc) is 2.83. The summed E-state index contributed by atoms with van der Waals surface area (Å²) in [4.78, 5) is 12.8. The number of ether oxygens (including phenoxy) is 3. The van der Waals surface area contributed by atoms with Gasteiger partial charge in [-0.3, -0.25) is 4.79 Å². The maximum absolute atomic E-state index is 13.4. The summed E-state index contributed by atoms with van der Waals surface area (Å²) in [5, 5.41) is 5.69. The first-order chi connectivity index (χ1) is 16.3. The van der Waals surface area contributed by atoms with Gasteiger partial charge in [0.25, 0.3) is 0 Å². The van der Waals surface area contributed by atoms with Gasteiger partial charge >= 0.3 is 0 Å². The predicted octanol–water partition coefficient (Wildman–Crippen LogP) is 4.29. The summed E-state index contributed by atoms with van der Waals surface area (Å²) < 4.78 is 42.8. The van der Waals surface area contributed by atoms with E-state index in [9.17, 15) is 13.2 Å². The molecule has 0 spiro atoms. The third-order valence-corrected chi connectivity index (χ3v) is 6.81. The van der Waals surface area contributed by atoms with E-state index in [-0.39, 0.29) is 27.9 Å². The molecule has 2 N–H and O–H groups in total. The molecule has 9 heteroatoms. The molecule has 3 aromatic carbocycles. The lowest BCUT2D eigenvalue weighted by Crippen LogP contribution is -2.23. The third kappa shape index (κ3) is 5.79. The lowest BCUT2D eigenvalue weighted by Gasteiger charge is -2.16. The minimum absolute atomic E-state index is 0.0223. The van der Waals surface area contributed by atoms with Crippen molar-refractivity contribution < 1.29 is 27.4 Å². The number of nitrogens with one attached hydrogen (secondary N) is 2. The third-order valence-electron chi connectivity index (χ3n) is 5.01. The molecule has 0 saturated carbocycles. The van der Waals surface area contributed by atoms with Crippen LogP contribution in [0.5, 0.6) is 17.2 Å². The van der Waals surface area contributed by atoms with Gasteiger partial charge in [-0.2, -0.15) is 0 Å². The largest absolute Gasteiger partial charge is 0.497 e. The number of rotatable bonds is 10. The zero-order valence-electron chi connectivity index (χ0n) is 19.5. The molecule has 0 aromatic heterocycles. The number of carbonyl (C=O) groups excluding carboxylic acids is 1. The Morgan fingerprint density at radius 2 is 1.59 bits per heavy atom. The zero-order chi connectivity index (χ0) is 24.7. The minimum atomic E-state index is -3.86. The van der Waals surface area contributed by atoms with Crippen molar-refractivity contribution in [2.75, 3.05) is 38.0 Å². The molecule has 8 nitrogen and oxygen atoms in total. The SMILES string of the molecule is CCOc1ccc(NCC(=O)Nc2cc(OC)ccc2OC)c(S(=O)(=O)c2ccc(C)cc2)c1. The van der Waals surface area contributed by atoms with Crippen LogP contribution in [0.4, 0.5) is 11.4 Å². The molecule has 34 heavy (non-hydrogen) atoms. The molecule has 0 fully saturated rings. The van der Waals surface area contributed by atoms with Gasteiger partial charge in [0.1, 0.15) is 17.2 Å². The van der Waals surface area contributed by atoms with Crippen molar-refractivity contribution in [3.05, 3.63) is 66.2 Å². The van der Waals surface area contributed by atoms with Gasteiger partial charge in [-0.05, 0) is 50.2 Å². The Hall–Kier alpha value is -3.72. The van der Waals surface area contributed by atoms with Gasteiger partial charge < -0.3 is 24.8 Å². The number of hydrogen-bond acceptors (Lipinski definition) is 7. The lowest BCUT2D eigenvalue weighted by molar-refractivity contribution is -0.114. The highest BCUT2D eigenvalue weighted by Crippen LogP contribution is 2.32. The quantitative estimate of drug-likeness (QED) is 0.442. The van der Waals surface area contributed by atoms with E-state index in [1.165, 1.54) is 20.3 Å². The highest BCUT2D eigenvalue weighted by Gasteiger charge is 2.23. The van der Waals surface area contributed by atoms with Crippen molar-refractivity contribution in [3.8, 4) is 17.2 Å². The molecule has 0 radical (unpaired) electrons. The van der Waals surface area contributed by atoms with Gasteiger partial charge in [-0.15, -0.1) is 0 Å². The summed E-state index contributed by atoms with van der Waals surface area (Å²) in [5.41, 5.74) is 1.68. The van der Waals surface area contributed by atoms with Gasteiger partial charge in [-0.25, -0.2) is 8.42 Å². The molecule has 0 aliphatic heterocycles. The van der Waals surface area contributed by atoms with Crippen LogP contribution in [0.2, 0.25) is 0 Å². The molecule has 0 bridgehead atoms. The first-order valence-electron chi connectivity index (χ1n) is 10.6. The molecule has 0 unspecified atom stereocenters. The second kappa shape index (κ2) is 10.9. The second-order valence-corrected chi connectivity index (χ2v) is 9.29. The maximum Gasteiger partial charge on any atom is 0.243 e. The molecule has 3 rings (SSSR count). The monoisotopic (exact) mass is 484 g/mol. The van der Waals surface area contributed by atoms with E-state index in [2.05, 4.69) is 10.6 Å². The molecule has 0 saturated heterocycles. The van der Waals surface area contributed by atoms with Crippen molar-refractivity contribution in [2.24, 2.45) is 0 Å². The van der Waals surface area contributed by atoms with Gasteiger partial charge in [0, 0.05) is 12.1 Å². The number of carbonyl (C=O) groups is 1. The van der Waals surface area contributed by atoms with E-state index in [0.717, 1.165) is 5.56 Å². The Labute approximate surface area is 199 Å². The van der Waals surface area contributed by atoms with Crippen molar-refractivity contribution >= 4 is 27.1 Å². The number of aryl methyl sites for hydroxylation is 1. The molecule has 0 aliphatic rings. The van der Waals surface area contributed by atoms with E-state index in [0.29, 0.717) is 29.5 Å². The van der Waals surface area contributed by atoms with Gasteiger partial charge in [0.2, 0.25) is 15.7 Å². The van der Waals surface area contributed by atoms with Crippen molar-refractivity contribution in [1.82, 2.24) is 0 Å². The van der Waals surface area contributed by atoms with Crippen LogP contribution in [0, 0.1) is 6.92 Å². The number of sulfone groups is 1. The van der Waals surface area contributed by atoms with Crippen LogP contribution in [0.1, 0.15) is 12.5 Å². The van der Waals surface area contributed by atoms with Gasteiger partial charge in [0.05, 0.1) is 48.5 Å². The Morgan fingerprint density at radius 3 is 2.24 bits per heavy atom. The Morgan fingerprint density at radius 1 is 0.882 bits per heavy atom. The standard InChI is InChI=1S/C25H28N2O6S/c1-5-33-19-8-12-21(24(15-19)34(29,30)20-10-6-17(2)7-11-20)26-16-25(28)27-22-14-18(31-3)9-13-23(22)32-4/h6-15,26H,5,16H2,1-4H3,(H,27,28). The van der Waals surface area contributed by atoms with Crippen molar-refractivity contribution in [2.45, 2.75) is 23.6 Å². The summed E-state index contributed by atoms with van der Waals surface area (Å²) in [6, 6.07) is 16.3. The van der Waals surface area contributed by atoms with Crippen LogP contribution in [0.3, 0.4) is 0 Å². The smallest absolute Gasteiger partial charge is 0.243 e. The van der Waals surface area contributed by atoms with Crippen LogP contribution in [0.25, 0.3) is 0 Å². The number of benzene rings is 3. The number of amides is 1. The maximum atomic E-state index is 13.4. The topological polar surface area (TPSA) is 103 Å². The Balaban J connectivity index is 1.86. The van der Waals surface area contributed by atoms with E-state index in [1.807, 2.05) is 13.8 Å². The predicted molar refractivity (Wildman–Crippen MR) is 131 cm³/mol. The highest BCUT2D eigenvalue weighted by molar-refractivity contribution is 7.91. The summed E-state index contributed by atoms with van der Waals surface area (Å²) >= 11 is 0. The number of anilines is 2. The van der Waals surface area contributed by atoms with Gasteiger partial charge in [-0.1, -0.05) is 17.7 Å². The zero-order valence-corrected chi connectivity index (χ0v) is 20.4. The fraction of sp³-hybridized carbons (Fsp3) is 0.240. The molecule has 180 valence electrons. The van der Waals surface area contributed by atoms with E-state index in [1.54, 1.807) is 54.6 Å². The Bertz CT molecular complexity index is 1260. The molecule has 3 aromatic rings. The van der Waals surface area contributed by atoms with Crippen molar-refractivity contribution in [1.29, 1.82) is 0 Å². The average molecular weight is 485 g/mol. The fourth-order valence-corrected chi connectivity index (χ4v) is 4.70. The normalized spacial score (nSPS) is 10.9. The summed E-state index contributed by atoms with van der Waals surface area (Å²) in [5.74, 6) is 1.06. The number of hydrogen-bond donors (Lipinski definition) is 2. The van der Waals surface area contributed by atoms with Crippen LogP contribution in [0.15, 0.2) is 70.5 Å². The molecule has 0 atom stereocenters. The van der Waals surface area contributed by atoms with E-state index in [4.69, 9.17) is 14.2 Å². The molecule has 0 heterocycles. The summed E-state index contributed by atoms with van der Waals surface area (Å²) in [6.07, 6.45) is 0.